The minimum Gasteiger partial charge on any atom is -0.375 e. The molecule has 1 aromatic carbocycles. The minimum atomic E-state index is -2.83. The van der Waals surface area contributed by atoms with Gasteiger partial charge in [0.2, 0.25) is 5.91 Å². The molecule has 0 aromatic heterocycles. The lowest BCUT2D eigenvalue weighted by atomic mass is 10.4. The van der Waals surface area contributed by atoms with E-state index in [0.29, 0.717) is 13.2 Å². The Morgan fingerprint density at radius 2 is 1.71 bits per heavy atom. The lowest BCUT2D eigenvalue weighted by Crippen LogP contribution is -2.66. The van der Waals surface area contributed by atoms with E-state index in [1.54, 1.807) is 0 Å². The average molecular weight is 253 g/mol. The van der Waals surface area contributed by atoms with Crippen LogP contribution in [0.2, 0.25) is 0 Å². The summed E-state index contributed by atoms with van der Waals surface area (Å²) in [5, 5.41) is 0.916. The Balaban J connectivity index is 3.09. The molecule has 0 aliphatic carbocycles. The molecule has 0 fully saturated rings. The normalized spacial score (nSPS) is 11.2. The number of carbonyl (C=O) groups is 1. The van der Waals surface area contributed by atoms with E-state index in [2.05, 4.69) is 4.98 Å². The second-order valence-electron chi connectivity index (χ2n) is 3.53. The van der Waals surface area contributed by atoms with Crippen molar-refractivity contribution in [2.24, 2.45) is 0 Å². The molecular weight excluding hydrogens is 234 g/mol. The third-order valence-electron chi connectivity index (χ3n) is 2.19. The molecule has 1 amide bonds. The number of nitrogens with one attached hydrogen (secondary N) is 1. The zero-order chi connectivity index (χ0) is 12.7. The second-order valence-corrected chi connectivity index (χ2v) is 6.17. The van der Waals surface area contributed by atoms with E-state index < -0.39 is 8.72 Å². The summed E-state index contributed by atoms with van der Waals surface area (Å²) in [6, 6.07) is 9.60. The number of hydrogen-bond donors (Lipinski definition) is 1. The highest BCUT2D eigenvalue weighted by Gasteiger charge is 2.42. The van der Waals surface area contributed by atoms with Gasteiger partial charge in [-0.15, -0.1) is 0 Å². The van der Waals surface area contributed by atoms with Crippen molar-refractivity contribution < 1.29 is 13.6 Å². The first-order valence-corrected chi connectivity index (χ1v) is 7.58. The van der Waals surface area contributed by atoms with Gasteiger partial charge in [0.1, 0.15) is 0 Å². The molecule has 0 bridgehead atoms. The maximum absolute atomic E-state index is 11.3. The highest BCUT2D eigenvalue weighted by molar-refractivity contribution is 6.80. The fourth-order valence-corrected chi connectivity index (χ4v) is 4.26. The fourth-order valence-electron chi connectivity index (χ4n) is 1.65. The van der Waals surface area contributed by atoms with Gasteiger partial charge in [-0.3, -0.25) is 4.79 Å². The summed E-state index contributed by atoms with van der Waals surface area (Å²) in [7, 11) is -2.83. The van der Waals surface area contributed by atoms with Crippen LogP contribution in [0.4, 0.5) is 0 Å². The molecule has 0 saturated heterocycles. The fraction of sp³-hybridized carbons (Fsp3) is 0.417. The SMILES string of the molecule is CCO[Si](NC(C)=O)(OCC)c1ccccc1. The number of hydrogen-bond acceptors (Lipinski definition) is 3. The Morgan fingerprint density at radius 1 is 1.18 bits per heavy atom. The highest BCUT2D eigenvalue weighted by Crippen LogP contribution is 2.05. The molecule has 17 heavy (non-hydrogen) atoms. The smallest absolute Gasteiger partial charge is 0.375 e. The maximum atomic E-state index is 11.3. The molecule has 0 spiro atoms. The summed E-state index contributed by atoms with van der Waals surface area (Å²) in [6.07, 6.45) is 0. The number of rotatable bonds is 6. The van der Waals surface area contributed by atoms with Crippen LogP contribution in [0.1, 0.15) is 20.8 Å². The summed E-state index contributed by atoms with van der Waals surface area (Å²) in [5.41, 5.74) is 0. The Morgan fingerprint density at radius 3 is 2.12 bits per heavy atom. The first-order chi connectivity index (χ1) is 8.14. The topological polar surface area (TPSA) is 47.6 Å². The van der Waals surface area contributed by atoms with Crippen molar-refractivity contribution in [1.29, 1.82) is 0 Å². The van der Waals surface area contributed by atoms with Crippen LogP contribution in [0.3, 0.4) is 0 Å². The van der Waals surface area contributed by atoms with Crippen LogP contribution in [0.25, 0.3) is 0 Å². The van der Waals surface area contributed by atoms with Gasteiger partial charge in [0.05, 0.1) is 0 Å². The lowest BCUT2D eigenvalue weighted by Gasteiger charge is -2.29. The molecule has 0 unspecified atom stereocenters. The second kappa shape index (κ2) is 6.54. The molecular formula is C12H19NO3Si. The third-order valence-corrected chi connectivity index (χ3v) is 5.35. The van der Waals surface area contributed by atoms with Gasteiger partial charge in [-0.1, -0.05) is 30.3 Å². The van der Waals surface area contributed by atoms with Crippen molar-refractivity contribution in [3.8, 4) is 0 Å². The van der Waals surface area contributed by atoms with Crippen LogP contribution in [0.15, 0.2) is 30.3 Å². The highest BCUT2D eigenvalue weighted by atomic mass is 28.4. The van der Waals surface area contributed by atoms with Crippen LogP contribution in [-0.2, 0) is 13.6 Å². The van der Waals surface area contributed by atoms with Crippen molar-refractivity contribution in [2.45, 2.75) is 20.8 Å². The number of carbonyl (C=O) groups excluding carboxylic acids is 1. The molecule has 0 radical (unpaired) electrons. The predicted molar refractivity (Wildman–Crippen MR) is 68.9 cm³/mol. The summed E-state index contributed by atoms with van der Waals surface area (Å²) in [4.78, 5) is 14.2. The Hall–Kier alpha value is -1.17. The summed E-state index contributed by atoms with van der Waals surface area (Å²) >= 11 is 0. The van der Waals surface area contributed by atoms with Gasteiger partial charge in [0, 0.05) is 25.3 Å². The summed E-state index contributed by atoms with van der Waals surface area (Å²) in [5.74, 6) is -0.137. The lowest BCUT2D eigenvalue weighted by molar-refractivity contribution is -0.118. The molecule has 0 heterocycles. The van der Waals surface area contributed by atoms with Gasteiger partial charge >= 0.3 is 8.72 Å². The quantitative estimate of drug-likeness (QED) is 0.771. The molecule has 94 valence electrons. The molecule has 4 nitrogen and oxygen atoms in total. The van der Waals surface area contributed by atoms with Gasteiger partial charge in [0.15, 0.2) is 0 Å². The molecule has 5 heteroatoms. The zero-order valence-corrected chi connectivity index (χ0v) is 11.5. The zero-order valence-electron chi connectivity index (χ0n) is 10.5. The van der Waals surface area contributed by atoms with Gasteiger partial charge < -0.3 is 13.8 Å². The van der Waals surface area contributed by atoms with Crippen molar-refractivity contribution in [2.75, 3.05) is 13.2 Å². The molecule has 1 aromatic rings. The largest absolute Gasteiger partial charge is 0.494 e. The van der Waals surface area contributed by atoms with Gasteiger partial charge in [0.25, 0.3) is 0 Å². The molecule has 0 saturated carbocycles. The average Bonchev–Trinajstić information content (AvgIpc) is 2.30. The van der Waals surface area contributed by atoms with Crippen LogP contribution in [0.5, 0.6) is 0 Å². The molecule has 0 atom stereocenters. The predicted octanol–water partition coefficient (Wildman–Crippen LogP) is 1.04. The number of amides is 1. The Bertz CT molecular complexity index is 350. The summed E-state index contributed by atoms with van der Waals surface area (Å²) < 4.78 is 11.5. The van der Waals surface area contributed by atoms with Crippen LogP contribution >= 0.6 is 0 Å². The van der Waals surface area contributed by atoms with Gasteiger partial charge in [-0.25, -0.2) is 0 Å². The monoisotopic (exact) mass is 253 g/mol. The van der Waals surface area contributed by atoms with E-state index in [1.165, 1.54) is 6.92 Å². The van der Waals surface area contributed by atoms with Crippen molar-refractivity contribution in [1.82, 2.24) is 4.98 Å². The van der Waals surface area contributed by atoms with E-state index in [1.807, 2.05) is 44.2 Å². The van der Waals surface area contributed by atoms with E-state index in [9.17, 15) is 4.79 Å². The Labute approximate surface area is 103 Å². The molecule has 0 aliphatic heterocycles. The minimum absolute atomic E-state index is 0.137. The van der Waals surface area contributed by atoms with Crippen molar-refractivity contribution in [3.63, 3.8) is 0 Å². The van der Waals surface area contributed by atoms with Crippen LogP contribution in [0, 0.1) is 0 Å². The van der Waals surface area contributed by atoms with E-state index >= 15 is 0 Å². The van der Waals surface area contributed by atoms with E-state index in [0.717, 1.165) is 5.19 Å². The van der Waals surface area contributed by atoms with Crippen LogP contribution < -0.4 is 10.2 Å². The molecule has 1 N–H and O–H groups in total. The van der Waals surface area contributed by atoms with Gasteiger partial charge in [-0.2, -0.15) is 0 Å². The molecule has 1 rings (SSSR count). The van der Waals surface area contributed by atoms with Gasteiger partial charge in [-0.05, 0) is 13.8 Å². The van der Waals surface area contributed by atoms with Crippen molar-refractivity contribution in [3.05, 3.63) is 30.3 Å². The first kappa shape index (κ1) is 13.9. The maximum Gasteiger partial charge on any atom is 0.494 e. The first-order valence-electron chi connectivity index (χ1n) is 5.76. The Kier molecular flexibility index (Phi) is 5.34. The van der Waals surface area contributed by atoms with E-state index in [-0.39, 0.29) is 5.91 Å². The standard InChI is InChI=1S/C12H19NO3Si/c1-4-15-17(16-5-2,13-11(3)14)12-9-7-6-8-10-12/h6-10H,4-5H2,1-3H3,(H,13,14). The third kappa shape index (κ3) is 3.66. The van der Waals surface area contributed by atoms with Crippen LogP contribution in [-0.4, -0.2) is 27.8 Å². The summed E-state index contributed by atoms with van der Waals surface area (Å²) in [6.45, 7) is 6.27. The number of benzene rings is 1. The van der Waals surface area contributed by atoms with Crippen molar-refractivity contribution >= 4 is 19.8 Å². The molecule has 0 aliphatic rings. The van der Waals surface area contributed by atoms with E-state index in [4.69, 9.17) is 8.85 Å².